The summed E-state index contributed by atoms with van der Waals surface area (Å²) in [5.74, 6) is 10.6. The van der Waals surface area contributed by atoms with Gasteiger partial charge in [0.25, 0.3) is 0 Å². The first-order valence-corrected chi connectivity index (χ1v) is 7.48. The summed E-state index contributed by atoms with van der Waals surface area (Å²) in [6.45, 7) is 7.39. The maximum absolute atomic E-state index is 14.2. The zero-order chi connectivity index (χ0) is 18.3. The molecule has 8 heteroatoms. The highest BCUT2D eigenvalue weighted by atomic mass is 19.1. The molecular weight excluding hydrogens is 313 g/mol. The highest BCUT2D eigenvalue weighted by molar-refractivity contribution is 5.93. The number of benzene rings is 1. The lowest BCUT2D eigenvalue weighted by Crippen LogP contribution is -2.48. The van der Waals surface area contributed by atoms with E-state index in [2.05, 4.69) is 4.99 Å². The number of nitrogens with one attached hydrogen (secondary N) is 1. The zero-order valence-corrected chi connectivity index (χ0v) is 14.3. The largest absolute Gasteiger partial charge is 0.473 e. The summed E-state index contributed by atoms with van der Waals surface area (Å²) in [7, 11) is 0. The van der Waals surface area contributed by atoms with Gasteiger partial charge >= 0.3 is 6.03 Å². The van der Waals surface area contributed by atoms with Gasteiger partial charge in [-0.15, -0.1) is 0 Å². The molecule has 0 aliphatic carbocycles. The topological polar surface area (TPSA) is 106 Å². The van der Waals surface area contributed by atoms with E-state index in [1.165, 1.54) is 18.2 Å². The minimum Gasteiger partial charge on any atom is -0.473 e. The van der Waals surface area contributed by atoms with Crippen LogP contribution in [0.1, 0.15) is 33.3 Å². The lowest BCUT2D eigenvalue weighted by Gasteiger charge is -2.20. The first kappa shape index (κ1) is 19.6. The van der Waals surface area contributed by atoms with E-state index in [-0.39, 0.29) is 23.9 Å². The van der Waals surface area contributed by atoms with E-state index >= 15 is 0 Å². The van der Waals surface area contributed by atoms with Gasteiger partial charge < -0.3 is 4.74 Å². The average Bonchev–Trinajstić information content (AvgIpc) is 2.56. The van der Waals surface area contributed by atoms with E-state index in [0.717, 1.165) is 10.6 Å². The van der Waals surface area contributed by atoms with Crippen molar-refractivity contribution in [1.82, 2.24) is 5.43 Å². The molecule has 0 saturated carbocycles. The molecule has 0 aliphatic rings. The minimum atomic E-state index is -0.775. The number of halogens is 1. The number of anilines is 1. The summed E-state index contributed by atoms with van der Waals surface area (Å²) in [5, 5.41) is 0.726. The predicted molar refractivity (Wildman–Crippen MR) is 92.6 cm³/mol. The molecule has 5 N–H and O–H groups in total. The van der Waals surface area contributed by atoms with Crippen molar-refractivity contribution in [3.63, 3.8) is 0 Å². The first-order valence-electron chi connectivity index (χ1n) is 7.48. The Morgan fingerprint density at radius 1 is 1.50 bits per heavy atom. The Hall–Kier alpha value is -2.45. The van der Waals surface area contributed by atoms with Crippen molar-refractivity contribution in [2.24, 2.45) is 16.7 Å². The Labute approximate surface area is 141 Å². The van der Waals surface area contributed by atoms with Gasteiger partial charge in [-0.3, -0.25) is 5.43 Å². The molecule has 0 spiro atoms. The van der Waals surface area contributed by atoms with Crippen molar-refractivity contribution in [3.8, 4) is 0 Å². The number of urea groups is 1. The number of allylic oxidation sites excluding steroid dienone is 1. The molecule has 0 aliphatic heterocycles. The van der Waals surface area contributed by atoms with Crippen molar-refractivity contribution in [2.45, 2.75) is 40.3 Å². The van der Waals surface area contributed by atoms with Gasteiger partial charge in [0.1, 0.15) is 12.4 Å². The molecule has 132 valence electrons. The van der Waals surface area contributed by atoms with Gasteiger partial charge in [0.05, 0.1) is 11.3 Å². The maximum Gasteiger partial charge on any atom is 0.350 e. The summed E-state index contributed by atoms with van der Waals surface area (Å²) in [6.07, 6.45) is 1.85. The molecule has 2 amide bonds. The molecule has 0 aromatic heterocycles. The highest BCUT2D eigenvalue weighted by Crippen LogP contribution is 2.23. The van der Waals surface area contributed by atoms with Crippen LogP contribution >= 0.6 is 0 Å². The molecule has 0 radical (unpaired) electrons. The van der Waals surface area contributed by atoms with Gasteiger partial charge in [0, 0.05) is 11.6 Å². The lowest BCUT2D eigenvalue weighted by molar-refractivity contribution is 0.246. The third-order valence-corrected chi connectivity index (χ3v) is 3.19. The third kappa shape index (κ3) is 5.04. The van der Waals surface area contributed by atoms with Crippen molar-refractivity contribution in [2.75, 3.05) is 5.01 Å². The Morgan fingerprint density at radius 3 is 2.71 bits per heavy atom. The van der Waals surface area contributed by atoms with E-state index in [1.807, 2.05) is 39.2 Å². The molecule has 1 aromatic carbocycles. The fourth-order valence-electron chi connectivity index (χ4n) is 1.85. The Kier molecular flexibility index (Phi) is 7.34. The first-order chi connectivity index (χ1) is 11.3. The summed E-state index contributed by atoms with van der Waals surface area (Å²) in [6, 6.07) is 3.45. The van der Waals surface area contributed by atoms with Crippen LogP contribution in [0.15, 0.2) is 34.8 Å². The fourth-order valence-corrected chi connectivity index (χ4v) is 1.85. The maximum atomic E-state index is 14.2. The predicted octanol–water partition coefficient (Wildman–Crippen LogP) is 2.38. The van der Waals surface area contributed by atoms with Gasteiger partial charge in [-0.25, -0.2) is 30.9 Å². The van der Waals surface area contributed by atoms with Crippen molar-refractivity contribution >= 4 is 17.6 Å². The van der Waals surface area contributed by atoms with Gasteiger partial charge in [0.2, 0.25) is 5.90 Å². The quantitative estimate of drug-likeness (QED) is 0.252. The molecule has 24 heavy (non-hydrogen) atoms. The second-order valence-corrected chi connectivity index (χ2v) is 5.35. The van der Waals surface area contributed by atoms with Crippen LogP contribution < -0.4 is 22.1 Å². The Morgan fingerprint density at radius 2 is 2.17 bits per heavy atom. The number of hydrogen-bond acceptors (Lipinski definition) is 5. The van der Waals surface area contributed by atoms with Crippen LogP contribution in [0.2, 0.25) is 0 Å². The number of amides is 2. The molecule has 1 aromatic rings. The Balaban J connectivity index is 3.12. The number of ether oxygens (including phenoxy) is 1. The van der Waals surface area contributed by atoms with Gasteiger partial charge in [-0.05, 0) is 39.8 Å². The minimum absolute atomic E-state index is 0.0176. The van der Waals surface area contributed by atoms with E-state index in [4.69, 9.17) is 16.4 Å². The number of nitrogens with two attached hydrogens (primary N) is 2. The summed E-state index contributed by atoms with van der Waals surface area (Å²) in [5.41, 5.74) is 3.00. The number of carbonyl (C=O) groups excluding carboxylic acids is 1. The van der Waals surface area contributed by atoms with Crippen LogP contribution in [0.4, 0.5) is 14.9 Å². The summed E-state index contributed by atoms with van der Waals surface area (Å²) < 4.78 is 19.9. The number of hydrazine groups is 2. The van der Waals surface area contributed by atoms with E-state index in [9.17, 15) is 9.18 Å². The Bertz CT molecular complexity index is 643. The fraction of sp³-hybridized carbons (Fsp3) is 0.375. The summed E-state index contributed by atoms with van der Waals surface area (Å²) in [4.78, 5) is 16.0. The molecule has 7 nitrogen and oxygen atoms in total. The number of hydrogen-bond donors (Lipinski definition) is 3. The molecule has 0 heterocycles. The van der Waals surface area contributed by atoms with Crippen LogP contribution in [0.25, 0.3) is 0 Å². The van der Waals surface area contributed by atoms with E-state index < -0.39 is 11.8 Å². The lowest BCUT2D eigenvalue weighted by atomic mass is 10.1. The molecule has 0 fully saturated rings. The monoisotopic (exact) mass is 337 g/mol. The van der Waals surface area contributed by atoms with E-state index in [1.54, 1.807) is 0 Å². The number of carbonyl (C=O) groups is 1. The second-order valence-electron chi connectivity index (χ2n) is 5.35. The standard InChI is InChI=1S/C16H24FN5O2/c1-5-11(4)15(20-10(2)3)24-9-12-13(17)7-6-8-14(12)22(19)16(23)21-18/h5-8,10H,9,18-19H2,1-4H3,(H,21,23)/b11-5-,20-15+. The normalized spacial score (nSPS) is 12.3. The van der Waals surface area contributed by atoms with Crippen molar-refractivity contribution in [3.05, 3.63) is 41.2 Å². The number of rotatable bonds is 5. The number of nitrogens with zero attached hydrogens (tertiary/aromatic N) is 2. The molecule has 0 saturated heterocycles. The zero-order valence-electron chi connectivity index (χ0n) is 14.3. The molecular formula is C16H24FN5O2. The SMILES string of the molecule is C/C=C(C)\C(=N/C(C)C)OCc1c(F)cccc1N(N)C(=O)NN. The second kappa shape index (κ2) is 8.99. The van der Waals surface area contributed by atoms with Gasteiger partial charge in [-0.1, -0.05) is 12.1 Å². The van der Waals surface area contributed by atoms with E-state index in [0.29, 0.717) is 5.90 Å². The molecule has 0 bridgehead atoms. The van der Waals surface area contributed by atoms with Gasteiger partial charge in [0.15, 0.2) is 0 Å². The van der Waals surface area contributed by atoms with Crippen LogP contribution in [0.5, 0.6) is 0 Å². The third-order valence-electron chi connectivity index (χ3n) is 3.19. The average molecular weight is 337 g/mol. The van der Waals surface area contributed by atoms with Crippen LogP contribution in [-0.4, -0.2) is 18.0 Å². The van der Waals surface area contributed by atoms with Crippen LogP contribution in [0, 0.1) is 5.82 Å². The smallest absolute Gasteiger partial charge is 0.350 e. The van der Waals surface area contributed by atoms with Gasteiger partial charge in [-0.2, -0.15) is 0 Å². The van der Waals surface area contributed by atoms with Crippen molar-refractivity contribution < 1.29 is 13.9 Å². The van der Waals surface area contributed by atoms with Crippen molar-refractivity contribution in [1.29, 1.82) is 0 Å². The van der Waals surface area contributed by atoms with Crippen LogP contribution in [-0.2, 0) is 11.3 Å². The molecule has 0 unspecified atom stereocenters. The summed E-state index contributed by atoms with van der Waals surface area (Å²) >= 11 is 0. The molecule has 0 atom stereocenters. The van der Waals surface area contributed by atoms with Crippen LogP contribution in [0.3, 0.4) is 0 Å². The highest BCUT2D eigenvalue weighted by Gasteiger charge is 2.18. The molecule has 1 rings (SSSR count). The number of aliphatic imine (C=N–C) groups is 1.